The molecule has 2 rings (SSSR count). The van der Waals surface area contributed by atoms with Crippen molar-refractivity contribution in [2.75, 3.05) is 11.9 Å². The third-order valence-electron chi connectivity index (χ3n) is 3.62. The van der Waals surface area contributed by atoms with E-state index in [2.05, 4.69) is 11.4 Å². The van der Waals surface area contributed by atoms with E-state index in [0.717, 1.165) is 22.6 Å². The lowest BCUT2D eigenvalue weighted by atomic mass is 10.1. The van der Waals surface area contributed by atoms with E-state index in [4.69, 9.17) is 16.3 Å². The highest BCUT2D eigenvalue weighted by Gasteiger charge is 2.06. The smallest absolute Gasteiger partial charge is 0.224 e. The summed E-state index contributed by atoms with van der Waals surface area (Å²) in [5.41, 5.74) is 4.03. The number of nitrogens with one attached hydrogen (secondary N) is 1. The summed E-state index contributed by atoms with van der Waals surface area (Å²) in [6.07, 6.45) is 1.08. The summed E-state index contributed by atoms with van der Waals surface area (Å²) >= 11 is 5.95. The lowest BCUT2D eigenvalue weighted by molar-refractivity contribution is -0.116. The molecule has 0 heterocycles. The molecule has 3 nitrogen and oxygen atoms in total. The van der Waals surface area contributed by atoms with E-state index < -0.39 is 0 Å². The molecule has 0 aliphatic carbocycles. The predicted octanol–water partition coefficient (Wildman–Crippen LogP) is 5.06. The molecule has 0 bridgehead atoms. The van der Waals surface area contributed by atoms with Crippen molar-refractivity contribution in [2.45, 2.75) is 33.6 Å². The third-order valence-corrected chi connectivity index (χ3v) is 3.86. The SMILES string of the molecule is Cc1ccc(C)c(OCCCC(=O)Nc2cc(Cl)ccc2C)c1. The van der Waals surface area contributed by atoms with Crippen molar-refractivity contribution in [1.29, 1.82) is 0 Å². The van der Waals surface area contributed by atoms with Crippen LogP contribution in [0.3, 0.4) is 0 Å². The molecule has 1 N–H and O–H groups in total. The van der Waals surface area contributed by atoms with Crippen LogP contribution >= 0.6 is 11.6 Å². The molecule has 1 amide bonds. The average molecular weight is 332 g/mol. The molecule has 0 spiro atoms. The highest BCUT2D eigenvalue weighted by Crippen LogP contribution is 2.21. The van der Waals surface area contributed by atoms with Crippen LogP contribution in [0.15, 0.2) is 36.4 Å². The molecule has 0 unspecified atom stereocenters. The fraction of sp³-hybridized carbons (Fsp3) is 0.316. The molecule has 0 radical (unpaired) electrons. The van der Waals surface area contributed by atoms with Gasteiger partial charge in [0.15, 0.2) is 0 Å². The second kappa shape index (κ2) is 8.02. The Balaban J connectivity index is 1.79. The van der Waals surface area contributed by atoms with E-state index in [0.29, 0.717) is 24.5 Å². The minimum atomic E-state index is -0.0278. The summed E-state index contributed by atoms with van der Waals surface area (Å²) in [5, 5.41) is 3.51. The van der Waals surface area contributed by atoms with Gasteiger partial charge in [-0.3, -0.25) is 4.79 Å². The Morgan fingerprint density at radius 2 is 1.83 bits per heavy atom. The van der Waals surface area contributed by atoms with Gasteiger partial charge in [-0.25, -0.2) is 0 Å². The minimum Gasteiger partial charge on any atom is -0.493 e. The second-order valence-corrected chi connectivity index (χ2v) is 6.16. The highest BCUT2D eigenvalue weighted by molar-refractivity contribution is 6.31. The van der Waals surface area contributed by atoms with Gasteiger partial charge in [0.2, 0.25) is 5.91 Å². The number of benzene rings is 2. The molecule has 122 valence electrons. The zero-order valence-electron chi connectivity index (χ0n) is 13.8. The van der Waals surface area contributed by atoms with Gasteiger partial charge in [0.1, 0.15) is 5.75 Å². The van der Waals surface area contributed by atoms with E-state index in [1.165, 1.54) is 5.56 Å². The van der Waals surface area contributed by atoms with Crippen LogP contribution < -0.4 is 10.1 Å². The van der Waals surface area contributed by atoms with Crippen molar-refractivity contribution in [2.24, 2.45) is 0 Å². The van der Waals surface area contributed by atoms with Gasteiger partial charge in [-0.15, -0.1) is 0 Å². The number of ether oxygens (including phenoxy) is 1. The number of anilines is 1. The number of hydrogen-bond donors (Lipinski definition) is 1. The van der Waals surface area contributed by atoms with E-state index >= 15 is 0 Å². The van der Waals surface area contributed by atoms with Gasteiger partial charge in [-0.1, -0.05) is 29.8 Å². The summed E-state index contributed by atoms with van der Waals surface area (Å²) in [6.45, 7) is 6.51. The molecule has 23 heavy (non-hydrogen) atoms. The number of hydrogen-bond acceptors (Lipinski definition) is 2. The number of halogens is 1. The summed E-state index contributed by atoms with van der Waals surface area (Å²) in [6, 6.07) is 11.6. The third kappa shape index (κ3) is 5.29. The first-order valence-electron chi connectivity index (χ1n) is 7.72. The Bertz CT molecular complexity index is 698. The lowest BCUT2D eigenvalue weighted by Gasteiger charge is -2.11. The Hall–Kier alpha value is -2.00. The standard InChI is InChI=1S/C19H22ClNO2/c1-13-6-7-15(3)18(11-13)23-10-4-5-19(22)21-17-12-16(20)9-8-14(17)2/h6-9,11-12H,4-5,10H2,1-3H3,(H,21,22). The van der Waals surface area contributed by atoms with Crippen molar-refractivity contribution in [3.8, 4) is 5.75 Å². The molecule has 0 atom stereocenters. The number of carbonyl (C=O) groups excluding carboxylic acids is 1. The second-order valence-electron chi connectivity index (χ2n) is 5.73. The van der Waals surface area contributed by atoms with Crippen molar-refractivity contribution < 1.29 is 9.53 Å². The molecular weight excluding hydrogens is 310 g/mol. The topological polar surface area (TPSA) is 38.3 Å². The van der Waals surface area contributed by atoms with Gasteiger partial charge in [0, 0.05) is 17.1 Å². The first kappa shape index (κ1) is 17.4. The number of aryl methyl sites for hydroxylation is 3. The van der Waals surface area contributed by atoms with E-state index in [-0.39, 0.29) is 5.91 Å². The van der Waals surface area contributed by atoms with Crippen LogP contribution in [0.5, 0.6) is 5.75 Å². The summed E-state index contributed by atoms with van der Waals surface area (Å²) in [5.74, 6) is 0.857. The van der Waals surface area contributed by atoms with Crippen molar-refractivity contribution in [1.82, 2.24) is 0 Å². The lowest BCUT2D eigenvalue weighted by Crippen LogP contribution is -2.13. The zero-order valence-corrected chi connectivity index (χ0v) is 14.5. The maximum atomic E-state index is 12.0. The van der Waals surface area contributed by atoms with Crippen molar-refractivity contribution in [3.05, 3.63) is 58.1 Å². The maximum absolute atomic E-state index is 12.0. The monoisotopic (exact) mass is 331 g/mol. The first-order valence-corrected chi connectivity index (χ1v) is 8.09. The number of rotatable bonds is 6. The molecule has 0 saturated heterocycles. The van der Waals surface area contributed by atoms with Gasteiger partial charge < -0.3 is 10.1 Å². The molecular formula is C19H22ClNO2. The van der Waals surface area contributed by atoms with Crippen LogP contribution in [0, 0.1) is 20.8 Å². The quantitative estimate of drug-likeness (QED) is 0.751. The largest absolute Gasteiger partial charge is 0.493 e. The molecule has 0 fully saturated rings. The Labute approximate surface area is 142 Å². The van der Waals surface area contributed by atoms with E-state index in [1.54, 1.807) is 6.07 Å². The van der Waals surface area contributed by atoms with Crippen molar-refractivity contribution >= 4 is 23.2 Å². The highest BCUT2D eigenvalue weighted by atomic mass is 35.5. The Kier molecular flexibility index (Phi) is 6.05. The first-order chi connectivity index (χ1) is 11.0. The molecule has 4 heteroatoms. The van der Waals surface area contributed by atoms with Gasteiger partial charge in [-0.05, 0) is 62.1 Å². The van der Waals surface area contributed by atoms with Crippen LogP contribution in [0.25, 0.3) is 0 Å². The zero-order chi connectivity index (χ0) is 16.8. The minimum absolute atomic E-state index is 0.0278. The number of amides is 1. The van der Waals surface area contributed by atoms with Crippen LogP contribution in [-0.4, -0.2) is 12.5 Å². The van der Waals surface area contributed by atoms with Crippen LogP contribution in [0.2, 0.25) is 5.02 Å². The fourth-order valence-electron chi connectivity index (χ4n) is 2.22. The molecule has 0 aliphatic heterocycles. The Morgan fingerprint density at radius 1 is 1.09 bits per heavy atom. The molecule has 0 aliphatic rings. The maximum Gasteiger partial charge on any atom is 0.224 e. The summed E-state index contributed by atoms with van der Waals surface area (Å²) in [4.78, 5) is 12.0. The summed E-state index contributed by atoms with van der Waals surface area (Å²) in [7, 11) is 0. The van der Waals surface area contributed by atoms with Crippen molar-refractivity contribution in [3.63, 3.8) is 0 Å². The van der Waals surface area contributed by atoms with Gasteiger partial charge in [-0.2, -0.15) is 0 Å². The molecule has 0 aromatic heterocycles. The average Bonchev–Trinajstić information content (AvgIpc) is 2.50. The normalized spacial score (nSPS) is 10.4. The fourth-order valence-corrected chi connectivity index (χ4v) is 2.39. The molecule has 2 aromatic carbocycles. The predicted molar refractivity (Wildman–Crippen MR) is 95.5 cm³/mol. The number of carbonyl (C=O) groups is 1. The van der Waals surface area contributed by atoms with Crippen LogP contribution in [-0.2, 0) is 4.79 Å². The van der Waals surface area contributed by atoms with E-state index in [9.17, 15) is 4.79 Å². The van der Waals surface area contributed by atoms with Gasteiger partial charge in [0.25, 0.3) is 0 Å². The van der Waals surface area contributed by atoms with Gasteiger partial charge >= 0.3 is 0 Å². The van der Waals surface area contributed by atoms with Crippen LogP contribution in [0.4, 0.5) is 5.69 Å². The van der Waals surface area contributed by atoms with Gasteiger partial charge in [0.05, 0.1) is 6.61 Å². The summed E-state index contributed by atoms with van der Waals surface area (Å²) < 4.78 is 5.76. The molecule has 0 saturated carbocycles. The Morgan fingerprint density at radius 3 is 2.61 bits per heavy atom. The van der Waals surface area contributed by atoms with Crippen LogP contribution in [0.1, 0.15) is 29.5 Å². The molecule has 2 aromatic rings. The van der Waals surface area contributed by atoms with E-state index in [1.807, 2.05) is 45.0 Å².